The maximum absolute atomic E-state index is 12.1. The number of nitrogens with one attached hydrogen (secondary N) is 1. The number of carbonyl (C=O) groups excluding carboxylic acids is 1. The van der Waals surface area contributed by atoms with Gasteiger partial charge < -0.3 is 5.32 Å². The number of hydrogen-bond donors (Lipinski definition) is 1. The molecule has 0 aliphatic carbocycles. The van der Waals surface area contributed by atoms with E-state index in [1.54, 1.807) is 24.3 Å². The SMILES string of the molecule is O=C(Cn1nnc(-c2ccccc2Cl)n1)Nc1ccc([N+](=O)[O-])cc1Cl. The number of amides is 1. The third-order valence-electron chi connectivity index (χ3n) is 3.29. The Balaban J connectivity index is 1.70. The van der Waals surface area contributed by atoms with E-state index in [1.807, 2.05) is 0 Å². The van der Waals surface area contributed by atoms with Gasteiger partial charge in [-0.25, -0.2) is 0 Å². The van der Waals surface area contributed by atoms with Crippen molar-refractivity contribution in [2.24, 2.45) is 0 Å². The number of non-ortho nitro benzene ring substituents is 1. The van der Waals surface area contributed by atoms with Crippen LogP contribution >= 0.6 is 23.2 Å². The van der Waals surface area contributed by atoms with Crippen molar-refractivity contribution in [1.82, 2.24) is 20.2 Å². The highest BCUT2D eigenvalue weighted by atomic mass is 35.5. The van der Waals surface area contributed by atoms with Crippen LogP contribution in [0.15, 0.2) is 42.5 Å². The average Bonchev–Trinajstić information content (AvgIpc) is 3.05. The van der Waals surface area contributed by atoms with Crippen LogP contribution in [0.2, 0.25) is 10.0 Å². The maximum atomic E-state index is 12.1. The molecule has 1 aromatic heterocycles. The Bertz CT molecular complexity index is 991. The fourth-order valence-corrected chi connectivity index (χ4v) is 2.54. The quantitative estimate of drug-likeness (QED) is 0.526. The molecule has 0 bridgehead atoms. The number of nitrogens with zero attached hydrogens (tertiary/aromatic N) is 5. The van der Waals surface area contributed by atoms with Gasteiger partial charge in [-0.1, -0.05) is 35.3 Å². The third kappa shape index (κ3) is 3.95. The molecule has 0 radical (unpaired) electrons. The van der Waals surface area contributed by atoms with E-state index in [4.69, 9.17) is 23.2 Å². The lowest BCUT2D eigenvalue weighted by atomic mass is 10.2. The van der Waals surface area contributed by atoms with Gasteiger partial charge in [0.25, 0.3) is 5.69 Å². The Kier molecular flexibility index (Phi) is 5.10. The van der Waals surface area contributed by atoms with Crippen molar-refractivity contribution in [3.05, 3.63) is 62.6 Å². The van der Waals surface area contributed by atoms with Crippen molar-refractivity contribution < 1.29 is 9.72 Å². The summed E-state index contributed by atoms with van der Waals surface area (Å²) in [6.45, 7) is -0.217. The zero-order valence-corrected chi connectivity index (χ0v) is 14.5. The number of rotatable bonds is 5. The Hall–Kier alpha value is -3.04. The third-order valence-corrected chi connectivity index (χ3v) is 3.93. The molecule has 0 saturated heterocycles. The molecule has 132 valence electrons. The first kappa shape index (κ1) is 17.8. The van der Waals surface area contributed by atoms with Crippen molar-refractivity contribution >= 4 is 40.5 Å². The van der Waals surface area contributed by atoms with E-state index in [0.717, 1.165) is 10.9 Å². The molecule has 0 spiro atoms. The number of benzene rings is 2. The standard InChI is InChI=1S/C15H10Cl2N6O3/c16-11-4-2-1-3-10(11)15-19-21-22(20-15)8-14(24)18-13-6-5-9(23(25)26)7-12(13)17/h1-7H,8H2,(H,18,24). The van der Waals surface area contributed by atoms with Gasteiger partial charge in [0.05, 0.1) is 20.7 Å². The van der Waals surface area contributed by atoms with Crippen LogP contribution in [0.5, 0.6) is 0 Å². The molecule has 0 saturated carbocycles. The zero-order valence-electron chi connectivity index (χ0n) is 13.0. The summed E-state index contributed by atoms with van der Waals surface area (Å²) in [5.74, 6) is -0.180. The highest BCUT2D eigenvalue weighted by molar-refractivity contribution is 6.34. The van der Waals surface area contributed by atoms with Gasteiger partial charge in [0, 0.05) is 17.7 Å². The minimum Gasteiger partial charge on any atom is -0.323 e. The number of aromatic nitrogens is 4. The van der Waals surface area contributed by atoms with Gasteiger partial charge in [-0.15, -0.1) is 10.2 Å². The Morgan fingerprint density at radius 1 is 1.19 bits per heavy atom. The first-order valence-corrected chi connectivity index (χ1v) is 7.96. The molecule has 0 fully saturated rings. The molecule has 0 unspecified atom stereocenters. The fraction of sp³-hybridized carbons (Fsp3) is 0.0667. The molecule has 9 nitrogen and oxygen atoms in total. The highest BCUT2D eigenvalue weighted by Gasteiger charge is 2.14. The molecule has 1 amide bonds. The number of anilines is 1. The van der Waals surface area contributed by atoms with Gasteiger partial charge in [0.15, 0.2) is 0 Å². The maximum Gasteiger partial charge on any atom is 0.271 e. The highest BCUT2D eigenvalue weighted by Crippen LogP contribution is 2.27. The van der Waals surface area contributed by atoms with Gasteiger partial charge in [-0.05, 0) is 23.4 Å². The number of tetrazole rings is 1. The monoisotopic (exact) mass is 392 g/mol. The molecular formula is C15H10Cl2N6O3. The average molecular weight is 393 g/mol. The van der Waals surface area contributed by atoms with Gasteiger partial charge in [-0.2, -0.15) is 4.80 Å². The zero-order chi connectivity index (χ0) is 18.7. The normalized spacial score (nSPS) is 10.5. The van der Waals surface area contributed by atoms with Crippen molar-refractivity contribution in [3.8, 4) is 11.4 Å². The van der Waals surface area contributed by atoms with Crippen molar-refractivity contribution in [3.63, 3.8) is 0 Å². The minimum absolute atomic E-state index is 0.0517. The largest absolute Gasteiger partial charge is 0.323 e. The number of nitro groups is 1. The summed E-state index contributed by atoms with van der Waals surface area (Å²) in [6.07, 6.45) is 0. The lowest BCUT2D eigenvalue weighted by Crippen LogP contribution is -2.20. The van der Waals surface area contributed by atoms with E-state index in [-0.39, 0.29) is 28.8 Å². The summed E-state index contributed by atoms with van der Waals surface area (Å²) in [5, 5.41) is 25.5. The first-order chi connectivity index (χ1) is 12.4. The summed E-state index contributed by atoms with van der Waals surface area (Å²) >= 11 is 12.0. The van der Waals surface area contributed by atoms with E-state index < -0.39 is 10.8 Å². The Morgan fingerprint density at radius 3 is 2.65 bits per heavy atom. The van der Waals surface area contributed by atoms with E-state index in [1.165, 1.54) is 12.1 Å². The summed E-state index contributed by atoms with van der Waals surface area (Å²) in [7, 11) is 0. The van der Waals surface area contributed by atoms with Gasteiger partial charge in [0.1, 0.15) is 6.54 Å². The van der Waals surface area contributed by atoms with Gasteiger partial charge in [0.2, 0.25) is 11.7 Å². The molecule has 11 heteroatoms. The number of nitro benzene ring substituents is 1. The lowest BCUT2D eigenvalue weighted by molar-refractivity contribution is -0.384. The first-order valence-electron chi connectivity index (χ1n) is 7.20. The summed E-state index contributed by atoms with van der Waals surface area (Å²) in [6, 6.07) is 10.7. The van der Waals surface area contributed by atoms with Crippen LogP contribution in [0.3, 0.4) is 0 Å². The van der Waals surface area contributed by atoms with E-state index in [2.05, 4.69) is 20.7 Å². The summed E-state index contributed by atoms with van der Waals surface area (Å²) in [5.41, 5.74) is 0.670. The van der Waals surface area contributed by atoms with E-state index in [9.17, 15) is 14.9 Å². The number of carbonyl (C=O) groups is 1. The molecule has 0 atom stereocenters. The van der Waals surface area contributed by atoms with Crippen LogP contribution in [0.4, 0.5) is 11.4 Å². The van der Waals surface area contributed by atoms with Crippen LogP contribution in [-0.4, -0.2) is 31.0 Å². The molecule has 26 heavy (non-hydrogen) atoms. The predicted octanol–water partition coefficient (Wildman–Crippen LogP) is 3.19. The number of halogens is 2. The van der Waals surface area contributed by atoms with Crippen LogP contribution in [0.1, 0.15) is 0 Å². The second-order valence-corrected chi connectivity index (χ2v) is 5.91. The van der Waals surface area contributed by atoms with Crippen LogP contribution in [0, 0.1) is 10.1 Å². The van der Waals surface area contributed by atoms with Gasteiger partial charge in [-0.3, -0.25) is 14.9 Å². The molecule has 0 aliphatic rings. The summed E-state index contributed by atoms with van der Waals surface area (Å²) < 4.78 is 0. The van der Waals surface area contributed by atoms with Crippen LogP contribution in [0.25, 0.3) is 11.4 Å². The van der Waals surface area contributed by atoms with Crippen molar-refractivity contribution in [2.45, 2.75) is 6.54 Å². The molecular weight excluding hydrogens is 383 g/mol. The van der Waals surface area contributed by atoms with E-state index in [0.29, 0.717) is 10.6 Å². The molecule has 1 heterocycles. The second-order valence-electron chi connectivity index (χ2n) is 5.09. The van der Waals surface area contributed by atoms with Crippen LogP contribution < -0.4 is 5.32 Å². The van der Waals surface area contributed by atoms with Crippen molar-refractivity contribution in [1.29, 1.82) is 0 Å². The predicted molar refractivity (Wildman–Crippen MR) is 95.0 cm³/mol. The Morgan fingerprint density at radius 2 is 1.96 bits per heavy atom. The molecule has 3 aromatic rings. The summed E-state index contributed by atoms with van der Waals surface area (Å²) in [4.78, 5) is 23.3. The molecule has 0 aliphatic heterocycles. The van der Waals surface area contributed by atoms with E-state index >= 15 is 0 Å². The van der Waals surface area contributed by atoms with Crippen LogP contribution in [-0.2, 0) is 11.3 Å². The minimum atomic E-state index is -0.576. The Labute approximate surface area is 156 Å². The fourth-order valence-electron chi connectivity index (χ4n) is 2.10. The molecule has 2 aromatic carbocycles. The lowest BCUT2D eigenvalue weighted by Gasteiger charge is -2.06. The second kappa shape index (κ2) is 7.46. The molecule has 1 N–H and O–H groups in total. The topological polar surface area (TPSA) is 116 Å². The van der Waals surface area contributed by atoms with Crippen molar-refractivity contribution in [2.75, 3.05) is 5.32 Å². The van der Waals surface area contributed by atoms with Gasteiger partial charge >= 0.3 is 0 Å². The smallest absolute Gasteiger partial charge is 0.271 e. The molecule has 3 rings (SSSR count). The number of hydrogen-bond acceptors (Lipinski definition) is 6.